The van der Waals surface area contributed by atoms with Crippen LogP contribution in [0.25, 0.3) is 49.7 Å². The average molecular weight is 585 g/mol. The number of aromatic nitrogens is 3. The first-order valence-electron chi connectivity index (χ1n) is 14.9. The molecule has 8 rings (SSSR count). The zero-order chi connectivity index (χ0) is 30.8. The van der Waals surface area contributed by atoms with Crippen molar-refractivity contribution in [2.24, 2.45) is 0 Å². The molecule has 0 saturated carbocycles. The summed E-state index contributed by atoms with van der Waals surface area (Å²) in [7, 11) is 0. The lowest BCUT2D eigenvalue weighted by molar-refractivity contribution is 0.0925. The highest BCUT2D eigenvalue weighted by atomic mass is 16.2. The molecule has 0 bridgehead atoms. The number of nitrogens with zero attached hydrogens (tertiary/aromatic N) is 4. The zero-order valence-electron chi connectivity index (χ0n) is 25.1. The van der Waals surface area contributed by atoms with Crippen LogP contribution in [0.3, 0.4) is 0 Å². The molecule has 3 aromatic heterocycles. The molecular formula is C39H28N4O2. The van der Waals surface area contributed by atoms with Gasteiger partial charge in [-0.15, -0.1) is 0 Å². The molecule has 1 aliphatic rings. The average Bonchev–Trinajstić information content (AvgIpc) is 3.53. The minimum absolute atomic E-state index is 0.303. The van der Waals surface area contributed by atoms with Gasteiger partial charge in [0.15, 0.2) is 0 Å². The summed E-state index contributed by atoms with van der Waals surface area (Å²) in [6.07, 6.45) is 7.20. The summed E-state index contributed by atoms with van der Waals surface area (Å²) in [5.41, 5.74) is 11.1. The Morgan fingerprint density at radius 1 is 0.556 bits per heavy atom. The number of fused-ring (bicyclic) bond motifs is 4. The Morgan fingerprint density at radius 2 is 1.04 bits per heavy atom. The monoisotopic (exact) mass is 584 g/mol. The van der Waals surface area contributed by atoms with Gasteiger partial charge >= 0.3 is 0 Å². The minimum atomic E-state index is -0.314. The Labute approximate surface area is 260 Å². The summed E-state index contributed by atoms with van der Waals surface area (Å²) in [5, 5.41) is 2.12. The van der Waals surface area contributed by atoms with Crippen molar-refractivity contribution in [3.63, 3.8) is 0 Å². The van der Waals surface area contributed by atoms with E-state index in [0.717, 1.165) is 60.8 Å². The van der Waals surface area contributed by atoms with Crippen molar-refractivity contribution in [2.75, 3.05) is 4.90 Å². The van der Waals surface area contributed by atoms with Crippen LogP contribution < -0.4 is 4.90 Å². The van der Waals surface area contributed by atoms with Crippen molar-refractivity contribution in [3.05, 3.63) is 144 Å². The molecule has 45 heavy (non-hydrogen) atoms. The standard InChI is InChI=1S/C39H28N4O2/c1-23-21-24(2)37(25(3)22-23)43-38(44)30-9-6-12-33(36(30)39(43)45)42-31-10-4-7-28(26-13-17-40-18-14-26)34(31)35-29(8-5-11-32(35)42)27-15-19-41-20-16-27/h4-22H,1-3H3. The van der Waals surface area contributed by atoms with E-state index in [1.54, 1.807) is 30.9 Å². The van der Waals surface area contributed by atoms with E-state index in [9.17, 15) is 9.59 Å². The number of anilines is 1. The molecular weight excluding hydrogens is 556 g/mol. The van der Waals surface area contributed by atoms with Crippen LogP contribution in [0.4, 0.5) is 5.69 Å². The third-order valence-electron chi connectivity index (χ3n) is 8.79. The van der Waals surface area contributed by atoms with Gasteiger partial charge < -0.3 is 4.57 Å². The fourth-order valence-electron chi connectivity index (χ4n) is 7.09. The summed E-state index contributed by atoms with van der Waals surface area (Å²) in [6.45, 7) is 5.93. The van der Waals surface area contributed by atoms with E-state index < -0.39 is 0 Å². The fraction of sp³-hybridized carbons (Fsp3) is 0.0769. The molecule has 7 aromatic rings. The topological polar surface area (TPSA) is 68.1 Å². The van der Waals surface area contributed by atoms with E-state index in [4.69, 9.17) is 0 Å². The highest BCUT2D eigenvalue weighted by molar-refractivity contribution is 6.36. The molecule has 0 radical (unpaired) electrons. The number of carbonyl (C=O) groups is 2. The first-order valence-corrected chi connectivity index (χ1v) is 14.9. The molecule has 0 N–H and O–H groups in total. The smallest absolute Gasteiger partial charge is 0.268 e. The van der Waals surface area contributed by atoms with Crippen molar-refractivity contribution in [3.8, 4) is 27.9 Å². The van der Waals surface area contributed by atoms with Gasteiger partial charge in [-0.2, -0.15) is 0 Å². The Hall–Kier alpha value is -5.88. The molecule has 0 aliphatic carbocycles. The van der Waals surface area contributed by atoms with Gasteiger partial charge in [0.2, 0.25) is 0 Å². The number of carbonyl (C=O) groups excluding carboxylic acids is 2. The maximum Gasteiger partial charge on any atom is 0.268 e. The van der Waals surface area contributed by atoms with Crippen LogP contribution in [-0.4, -0.2) is 26.3 Å². The van der Waals surface area contributed by atoms with E-state index in [1.165, 1.54) is 4.90 Å². The van der Waals surface area contributed by atoms with Crippen molar-refractivity contribution < 1.29 is 9.59 Å². The van der Waals surface area contributed by atoms with Crippen LogP contribution in [0.15, 0.2) is 116 Å². The van der Waals surface area contributed by atoms with Gasteiger partial charge in [-0.1, -0.05) is 48.0 Å². The molecule has 1 aliphatic heterocycles. The van der Waals surface area contributed by atoms with E-state index in [-0.39, 0.29) is 11.8 Å². The van der Waals surface area contributed by atoms with Crippen LogP contribution in [0, 0.1) is 20.8 Å². The molecule has 4 heterocycles. The molecule has 0 saturated heterocycles. The van der Waals surface area contributed by atoms with Gasteiger partial charge in [0, 0.05) is 35.6 Å². The second-order valence-corrected chi connectivity index (χ2v) is 11.6. The molecule has 0 spiro atoms. The maximum atomic E-state index is 14.4. The normalized spacial score (nSPS) is 12.8. The van der Waals surface area contributed by atoms with E-state index in [1.807, 2.05) is 81.4 Å². The van der Waals surface area contributed by atoms with Crippen molar-refractivity contribution in [1.29, 1.82) is 0 Å². The number of imide groups is 1. The fourth-order valence-corrected chi connectivity index (χ4v) is 7.09. The second kappa shape index (κ2) is 10.1. The lowest BCUT2D eigenvalue weighted by atomic mass is 9.95. The molecule has 6 heteroatoms. The molecule has 2 amide bonds. The molecule has 0 atom stereocenters. The third-order valence-corrected chi connectivity index (χ3v) is 8.79. The van der Waals surface area contributed by atoms with Crippen LogP contribution in [0.1, 0.15) is 37.4 Å². The molecule has 216 valence electrons. The van der Waals surface area contributed by atoms with Gasteiger partial charge in [0.25, 0.3) is 11.8 Å². The largest absolute Gasteiger partial charge is 0.308 e. The van der Waals surface area contributed by atoms with Crippen LogP contribution in [-0.2, 0) is 0 Å². The lowest BCUT2D eigenvalue weighted by Gasteiger charge is -2.20. The summed E-state index contributed by atoms with van der Waals surface area (Å²) in [4.78, 5) is 38.3. The highest BCUT2D eigenvalue weighted by Gasteiger charge is 2.40. The number of benzene rings is 4. The van der Waals surface area contributed by atoms with Crippen LogP contribution in [0.2, 0.25) is 0 Å². The van der Waals surface area contributed by atoms with Gasteiger partial charge in [0.05, 0.1) is 33.5 Å². The molecule has 0 unspecified atom stereocenters. The van der Waals surface area contributed by atoms with Gasteiger partial charge in [-0.05, 0) is 103 Å². The van der Waals surface area contributed by atoms with E-state index >= 15 is 0 Å². The predicted molar refractivity (Wildman–Crippen MR) is 179 cm³/mol. The predicted octanol–water partition coefficient (Wildman–Crippen LogP) is 8.63. The van der Waals surface area contributed by atoms with E-state index in [2.05, 4.69) is 38.8 Å². The Kier molecular flexibility index (Phi) is 6.00. The van der Waals surface area contributed by atoms with Crippen LogP contribution in [0.5, 0.6) is 0 Å². The van der Waals surface area contributed by atoms with Crippen molar-refractivity contribution >= 4 is 39.3 Å². The van der Waals surface area contributed by atoms with Crippen molar-refractivity contribution in [2.45, 2.75) is 20.8 Å². The summed E-state index contributed by atoms with van der Waals surface area (Å²) >= 11 is 0. The number of aryl methyl sites for hydroxylation is 3. The zero-order valence-corrected chi connectivity index (χ0v) is 25.1. The SMILES string of the molecule is Cc1cc(C)c(N2C(=O)c3cccc(-n4c5cccc(-c6ccncc6)c5c5c(-c6ccncc6)cccc54)c3C2=O)c(C)c1. The Bertz CT molecular complexity index is 2220. The minimum Gasteiger partial charge on any atom is -0.308 e. The quantitative estimate of drug-likeness (QED) is 0.194. The number of hydrogen-bond acceptors (Lipinski definition) is 4. The van der Waals surface area contributed by atoms with E-state index in [0.29, 0.717) is 22.5 Å². The molecule has 0 fully saturated rings. The molecule has 4 aromatic carbocycles. The Morgan fingerprint density at radius 3 is 1.58 bits per heavy atom. The summed E-state index contributed by atoms with van der Waals surface area (Å²) in [6, 6.07) is 30.2. The molecule has 6 nitrogen and oxygen atoms in total. The lowest BCUT2D eigenvalue weighted by Crippen LogP contribution is -2.31. The summed E-state index contributed by atoms with van der Waals surface area (Å²) < 4.78 is 2.14. The first-order chi connectivity index (χ1) is 21.9. The first kappa shape index (κ1) is 26.7. The number of pyridine rings is 2. The van der Waals surface area contributed by atoms with Gasteiger partial charge in [-0.3, -0.25) is 19.6 Å². The Balaban J connectivity index is 1.46. The third kappa shape index (κ3) is 3.96. The van der Waals surface area contributed by atoms with Gasteiger partial charge in [-0.25, -0.2) is 4.90 Å². The van der Waals surface area contributed by atoms with Crippen LogP contribution >= 0.6 is 0 Å². The summed E-state index contributed by atoms with van der Waals surface area (Å²) in [5.74, 6) is -0.617. The number of hydrogen-bond donors (Lipinski definition) is 0. The number of amides is 2. The second-order valence-electron chi connectivity index (χ2n) is 11.6. The maximum absolute atomic E-state index is 14.4. The number of rotatable bonds is 4. The highest BCUT2D eigenvalue weighted by Crippen LogP contribution is 2.44. The van der Waals surface area contributed by atoms with Gasteiger partial charge in [0.1, 0.15) is 0 Å². The van der Waals surface area contributed by atoms with Crippen molar-refractivity contribution in [1.82, 2.24) is 14.5 Å².